The van der Waals surface area contributed by atoms with Gasteiger partial charge in [-0.05, 0) is 19.9 Å². The largest absolute Gasteiger partial charge is 0.369 e. The highest BCUT2D eigenvalue weighted by Crippen LogP contribution is 2.29. The van der Waals surface area contributed by atoms with Gasteiger partial charge in [-0.2, -0.15) is 0 Å². The lowest BCUT2D eigenvalue weighted by Crippen LogP contribution is -2.47. The normalized spacial score (nSPS) is 39.5. The molecule has 3 nitrogen and oxygen atoms in total. The highest BCUT2D eigenvalue weighted by molar-refractivity contribution is 5.84. The third kappa shape index (κ3) is 1.30. The summed E-state index contributed by atoms with van der Waals surface area (Å²) in [6, 6.07) is 0. The van der Waals surface area contributed by atoms with Crippen molar-refractivity contribution in [3.05, 3.63) is 0 Å². The number of hydrogen-bond donors (Lipinski definition) is 1. The third-order valence-corrected chi connectivity index (χ3v) is 2.41. The number of likely N-dealkylation sites (tertiary alicyclic amines) is 1. The van der Waals surface area contributed by atoms with Crippen molar-refractivity contribution in [3.8, 4) is 0 Å². The Morgan fingerprint density at radius 2 is 2.27 bits per heavy atom. The molecule has 0 bridgehead atoms. The Morgan fingerprint density at radius 3 is 2.45 bits per heavy atom. The van der Waals surface area contributed by atoms with Gasteiger partial charge >= 0.3 is 0 Å². The van der Waals surface area contributed by atoms with Crippen LogP contribution in [0.25, 0.3) is 0 Å². The predicted molar refractivity (Wildman–Crippen MR) is 42.0 cm³/mol. The van der Waals surface area contributed by atoms with E-state index < -0.39 is 5.72 Å². The summed E-state index contributed by atoms with van der Waals surface area (Å²) in [6.07, 6.45) is 0.568. The summed E-state index contributed by atoms with van der Waals surface area (Å²) in [4.78, 5) is 12.8. The maximum atomic E-state index is 11.0. The maximum Gasteiger partial charge on any atom is 0.177 e. The van der Waals surface area contributed by atoms with Crippen LogP contribution >= 0.6 is 0 Å². The number of ketones is 1. The molecule has 0 aliphatic carbocycles. The van der Waals surface area contributed by atoms with Crippen LogP contribution in [0.15, 0.2) is 0 Å². The minimum atomic E-state index is -1.18. The molecule has 1 aliphatic rings. The van der Waals surface area contributed by atoms with Gasteiger partial charge in [0.05, 0.1) is 0 Å². The molecule has 1 rings (SSSR count). The molecule has 0 saturated carbocycles. The van der Waals surface area contributed by atoms with E-state index in [1.54, 1.807) is 11.9 Å². The molecule has 1 aliphatic heterocycles. The number of rotatable bonds is 1. The molecule has 0 radical (unpaired) electrons. The summed E-state index contributed by atoms with van der Waals surface area (Å²) in [5.41, 5.74) is -1.18. The first-order valence-corrected chi connectivity index (χ1v) is 3.91. The molecule has 0 aromatic carbocycles. The van der Waals surface area contributed by atoms with Gasteiger partial charge < -0.3 is 5.11 Å². The molecule has 1 saturated heterocycles. The second-order valence-corrected chi connectivity index (χ2v) is 3.56. The van der Waals surface area contributed by atoms with E-state index in [-0.39, 0.29) is 5.78 Å². The molecule has 64 valence electrons. The molecule has 2 unspecified atom stereocenters. The Morgan fingerprint density at radius 1 is 1.73 bits per heavy atom. The summed E-state index contributed by atoms with van der Waals surface area (Å²) in [6.45, 7) is 4.28. The molecule has 1 fully saturated rings. The van der Waals surface area contributed by atoms with Gasteiger partial charge in [0.25, 0.3) is 0 Å². The van der Waals surface area contributed by atoms with Crippen molar-refractivity contribution in [1.29, 1.82) is 0 Å². The van der Waals surface area contributed by atoms with Crippen molar-refractivity contribution in [1.82, 2.24) is 4.90 Å². The SMILES string of the molecule is CC(=O)C1(O)CC(C)CN1C. The van der Waals surface area contributed by atoms with Crippen molar-refractivity contribution in [3.63, 3.8) is 0 Å². The Balaban J connectivity index is 2.79. The fraction of sp³-hybridized carbons (Fsp3) is 0.875. The van der Waals surface area contributed by atoms with E-state index in [0.29, 0.717) is 12.3 Å². The molecule has 0 aromatic heterocycles. The summed E-state index contributed by atoms with van der Waals surface area (Å²) >= 11 is 0. The zero-order chi connectivity index (χ0) is 8.65. The average molecular weight is 157 g/mol. The minimum absolute atomic E-state index is 0.149. The maximum absolute atomic E-state index is 11.0. The zero-order valence-electron chi connectivity index (χ0n) is 7.29. The van der Waals surface area contributed by atoms with Gasteiger partial charge in [-0.15, -0.1) is 0 Å². The van der Waals surface area contributed by atoms with Crippen molar-refractivity contribution in [2.75, 3.05) is 13.6 Å². The first-order valence-electron chi connectivity index (χ1n) is 3.91. The first-order chi connectivity index (χ1) is 4.97. The van der Waals surface area contributed by atoms with E-state index in [9.17, 15) is 9.90 Å². The number of hydrogen-bond acceptors (Lipinski definition) is 3. The van der Waals surface area contributed by atoms with E-state index in [1.807, 2.05) is 6.92 Å². The molecule has 11 heavy (non-hydrogen) atoms. The van der Waals surface area contributed by atoms with E-state index in [1.165, 1.54) is 6.92 Å². The molecular formula is C8H15NO2. The Bertz CT molecular complexity index is 181. The Kier molecular flexibility index (Phi) is 2.03. The first kappa shape index (κ1) is 8.68. The third-order valence-electron chi connectivity index (χ3n) is 2.41. The van der Waals surface area contributed by atoms with E-state index in [4.69, 9.17) is 0 Å². The number of Topliss-reactive ketones (excluding diaryl/α,β-unsaturated/α-hetero) is 1. The number of nitrogens with zero attached hydrogens (tertiary/aromatic N) is 1. The Hall–Kier alpha value is -0.410. The quantitative estimate of drug-likeness (QED) is 0.592. The Labute approximate surface area is 67.0 Å². The lowest BCUT2D eigenvalue weighted by Gasteiger charge is -2.27. The lowest BCUT2D eigenvalue weighted by atomic mass is 10.0. The smallest absolute Gasteiger partial charge is 0.177 e. The van der Waals surface area contributed by atoms with Crippen molar-refractivity contribution in [2.24, 2.45) is 5.92 Å². The summed E-state index contributed by atoms with van der Waals surface area (Å²) < 4.78 is 0. The van der Waals surface area contributed by atoms with Crippen molar-refractivity contribution < 1.29 is 9.90 Å². The highest BCUT2D eigenvalue weighted by atomic mass is 16.3. The average Bonchev–Trinajstić information content (AvgIpc) is 2.08. The van der Waals surface area contributed by atoms with Crippen LogP contribution in [0.1, 0.15) is 20.3 Å². The van der Waals surface area contributed by atoms with Gasteiger partial charge in [0, 0.05) is 13.0 Å². The van der Waals surface area contributed by atoms with Gasteiger partial charge in [-0.3, -0.25) is 9.69 Å². The second-order valence-electron chi connectivity index (χ2n) is 3.56. The summed E-state index contributed by atoms with van der Waals surface area (Å²) in [5.74, 6) is 0.262. The predicted octanol–water partition coefficient (Wildman–Crippen LogP) is 0.236. The molecule has 1 heterocycles. The van der Waals surface area contributed by atoms with E-state index >= 15 is 0 Å². The zero-order valence-corrected chi connectivity index (χ0v) is 7.29. The van der Waals surface area contributed by atoms with E-state index in [0.717, 1.165) is 6.54 Å². The van der Waals surface area contributed by atoms with Crippen LogP contribution < -0.4 is 0 Å². The van der Waals surface area contributed by atoms with Crippen LogP contribution in [0.4, 0.5) is 0 Å². The van der Waals surface area contributed by atoms with Crippen LogP contribution in [0.3, 0.4) is 0 Å². The number of carbonyl (C=O) groups excluding carboxylic acids is 1. The monoisotopic (exact) mass is 157 g/mol. The highest BCUT2D eigenvalue weighted by Gasteiger charge is 2.44. The molecule has 3 heteroatoms. The van der Waals surface area contributed by atoms with Crippen LogP contribution in [0.5, 0.6) is 0 Å². The second kappa shape index (κ2) is 2.57. The van der Waals surface area contributed by atoms with Gasteiger partial charge in [0.1, 0.15) is 0 Å². The molecule has 0 aromatic rings. The van der Waals surface area contributed by atoms with Crippen molar-refractivity contribution >= 4 is 5.78 Å². The van der Waals surface area contributed by atoms with Crippen LogP contribution in [0, 0.1) is 5.92 Å². The number of likely N-dealkylation sites (N-methyl/N-ethyl adjacent to an activating group) is 1. The molecule has 2 atom stereocenters. The number of carbonyl (C=O) groups is 1. The van der Waals surface area contributed by atoms with Crippen molar-refractivity contribution in [2.45, 2.75) is 26.0 Å². The van der Waals surface area contributed by atoms with E-state index in [2.05, 4.69) is 0 Å². The fourth-order valence-electron chi connectivity index (χ4n) is 1.74. The minimum Gasteiger partial charge on any atom is -0.369 e. The standard InChI is InChI=1S/C8H15NO2/c1-6-4-8(11,7(2)10)9(3)5-6/h6,11H,4-5H2,1-3H3. The van der Waals surface area contributed by atoms with Gasteiger partial charge in [-0.25, -0.2) is 0 Å². The van der Waals surface area contributed by atoms with Crippen LogP contribution in [-0.2, 0) is 4.79 Å². The summed E-state index contributed by atoms with van der Waals surface area (Å²) in [5, 5.41) is 9.78. The lowest BCUT2D eigenvalue weighted by molar-refractivity contribution is -0.149. The molecular weight excluding hydrogens is 142 g/mol. The number of aliphatic hydroxyl groups is 1. The molecule has 0 amide bonds. The fourth-order valence-corrected chi connectivity index (χ4v) is 1.74. The molecule has 0 spiro atoms. The van der Waals surface area contributed by atoms with Gasteiger partial charge in [0.15, 0.2) is 11.5 Å². The van der Waals surface area contributed by atoms with Gasteiger partial charge in [-0.1, -0.05) is 6.92 Å². The van der Waals surface area contributed by atoms with Crippen LogP contribution in [0.2, 0.25) is 0 Å². The molecule has 1 N–H and O–H groups in total. The van der Waals surface area contributed by atoms with Gasteiger partial charge in [0.2, 0.25) is 0 Å². The topological polar surface area (TPSA) is 40.5 Å². The van der Waals surface area contributed by atoms with Crippen LogP contribution in [-0.4, -0.2) is 35.1 Å². The summed E-state index contributed by atoms with van der Waals surface area (Å²) in [7, 11) is 1.78.